The Kier molecular flexibility index (Phi) is 4.43. The van der Waals surface area contributed by atoms with E-state index in [0.717, 1.165) is 0 Å². The highest BCUT2D eigenvalue weighted by Gasteiger charge is 2.14. The number of nitrogens with zero attached hydrogens (tertiary/aromatic N) is 3. The Morgan fingerprint density at radius 3 is 2.88 bits per heavy atom. The number of rotatable bonds is 5. The molecule has 0 aliphatic rings. The zero-order valence-electron chi connectivity index (χ0n) is 9.27. The minimum atomic E-state index is -0.276. The van der Waals surface area contributed by atoms with E-state index in [1.807, 2.05) is 0 Å². The molecule has 88 valence electrons. The summed E-state index contributed by atoms with van der Waals surface area (Å²) in [6.45, 7) is 0.473. The molecule has 0 aliphatic carbocycles. The third-order valence-corrected chi connectivity index (χ3v) is 2.08. The van der Waals surface area contributed by atoms with Crippen LogP contribution in [0, 0.1) is 0 Å². The summed E-state index contributed by atoms with van der Waals surface area (Å²) in [5, 5.41) is 9.59. The third kappa shape index (κ3) is 3.34. The van der Waals surface area contributed by atoms with Gasteiger partial charge in [0.1, 0.15) is 0 Å². The van der Waals surface area contributed by atoms with E-state index in [0.29, 0.717) is 19.4 Å². The molecule has 7 nitrogen and oxygen atoms in total. The summed E-state index contributed by atoms with van der Waals surface area (Å²) < 4.78 is 4.50. The van der Waals surface area contributed by atoms with Crippen LogP contribution in [0.1, 0.15) is 23.3 Å². The lowest BCUT2D eigenvalue weighted by atomic mass is 10.3. The van der Waals surface area contributed by atoms with Crippen LogP contribution in [0.25, 0.3) is 0 Å². The Hall–Kier alpha value is -1.92. The predicted molar refractivity (Wildman–Crippen MR) is 54.6 cm³/mol. The van der Waals surface area contributed by atoms with Gasteiger partial charge >= 0.3 is 5.97 Å². The maximum absolute atomic E-state index is 11.6. The summed E-state index contributed by atoms with van der Waals surface area (Å²) in [4.78, 5) is 24.0. The highest BCUT2D eigenvalue weighted by Crippen LogP contribution is 2.00. The lowest BCUT2D eigenvalue weighted by Crippen LogP contribution is -2.28. The van der Waals surface area contributed by atoms with Gasteiger partial charge in [0.15, 0.2) is 5.69 Å². The van der Waals surface area contributed by atoms with Crippen molar-refractivity contribution < 1.29 is 14.3 Å². The van der Waals surface area contributed by atoms with Crippen LogP contribution in [0.15, 0.2) is 6.20 Å². The Morgan fingerprint density at radius 2 is 2.31 bits per heavy atom. The van der Waals surface area contributed by atoms with Gasteiger partial charge in [0, 0.05) is 20.0 Å². The zero-order valence-corrected chi connectivity index (χ0v) is 9.27. The predicted octanol–water partition coefficient (Wildman–Crippen LogP) is -0.170. The highest BCUT2D eigenvalue weighted by atomic mass is 16.5. The molecule has 0 aliphatic heterocycles. The van der Waals surface area contributed by atoms with Gasteiger partial charge in [-0.3, -0.25) is 9.59 Å². The fourth-order valence-electron chi connectivity index (χ4n) is 1.16. The zero-order chi connectivity index (χ0) is 12.0. The molecule has 0 radical (unpaired) electrons. The van der Waals surface area contributed by atoms with Crippen LogP contribution < -0.4 is 0 Å². The van der Waals surface area contributed by atoms with Crippen LogP contribution >= 0.6 is 0 Å². The van der Waals surface area contributed by atoms with E-state index >= 15 is 0 Å². The highest BCUT2D eigenvalue weighted by molar-refractivity contribution is 5.91. The van der Waals surface area contributed by atoms with Crippen LogP contribution in [0.2, 0.25) is 0 Å². The van der Waals surface area contributed by atoms with E-state index < -0.39 is 0 Å². The van der Waals surface area contributed by atoms with Gasteiger partial charge in [0.25, 0.3) is 5.91 Å². The number of nitrogens with one attached hydrogen (secondary N) is 1. The molecule has 0 bridgehead atoms. The minimum absolute atomic E-state index is 0.224. The summed E-state index contributed by atoms with van der Waals surface area (Å²) in [7, 11) is 2.99. The number of carbonyl (C=O) groups is 2. The topological polar surface area (TPSA) is 88.2 Å². The Balaban J connectivity index is 2.33. The molecule has 1 amide bonds. The average Bonchev–Trinajstić information content (AvgIpc) is 2.81. The molecule has 0 atom stereocenters. The molecular formula is C9H14N4O3. The van der Waals surface area contributed by atoms with Crippen molar-refractivity contribution in [3.8, 4) is 0 Å². The number of ether oxygens (including phenoxy) is 1. The van der Waals surface area contributed by atoms with Gasteiger partial charge in [-0.15, -0.1) is 0 Å². The van der Waals surface area contributed by atoms with Crippen molar-refractivity contribution >= 4 is 11.9 Å². The molecule has 0 fully saturated rings. The van der Waals surface area contributed by atoms with Crippen molar-refractivity contribution in [1.29, 1.82) is 0 Å². The molecule has 1 aromatic rings. The number of carbonyl (C=O) groups excluding carboxylic acids is 2. The van der Waals surface area contributed by atoms with Crippen molar-refractivity contribution in [2.75, 3.05) is 20.7 Å². The maximum Gasteiger partial charge on any atom is 0.305 e. The molecule has 0 aromatic carbocycles. The number of H-pyrrole nitrogens is 1. The van der Waals surface area contributed by atoms with Crippen molar-refractivity contribution in [2.45, 2.75) is 12.8 Å². The summed E-state index contributed by atoms with van der Waals surface area (Å²) in [5.74, 6) is -0.499. The fourth-order valence-corrected chi connectivity index (χ4v) is 1.16. The monoisotopic (exact) mass is 226 g/mol. The molecule has 0 unspecified atom stereocenters. The minimum Gasteiger partial charge on any atom is -0.469 e. The lowest BCUT2D eigenvalue weighted by molar-refractivity contribution is -0.140. The molecule has 1 N–H and O–H groups in total. The fraction of sp³-hybridized carbons (Fsp3) is 0.556. The molecule has 0 saturated heterocycles. The second-order valence-corrected chi connectivity index (χ2v) is 3.26. The molecule has 1 aromatic heterocycles. The molecule has 1 rings (SSSR count). The number of esters is 1. The maximum atomic E-state index is 11.6. The Morgan fingerprint density at radius 1 is 1.56 bits per heavy atom. The van der Waals surface area contributed by atoms with Crippen LogP contribution in [0.3, 0.4) is 0 Å². The van der Waals surface area contributed by atoms with Gasteiger partial charge in [-0.05, 0) is 6.42 Å². The first kappa shape index (κ1) is 12.2. The first-order valence-corrected chi connectivity index (χ1v) is 4.83. The molecular weight excluding hydrogens is 212 g/mol. The number of amides is 1. The summed E-state index contributed by atoms with van der Waals surface area (Å²) in [6.07, 6.45) is 2.22. The Labute approximate surface area is 92.8 Å². The second-order valence-electron chi connectivity index (χ2n) is 3.26. The van der Waals surface area contributed by atoms with Crippen LogP contribution in [-0.4, -0.2) is 52.9 Å². The quantitative estimate of drug-likeness (QED) is 0.704. The van der Waals surface area contributed by atoms with Crippen molar-refractivity contribution in [2.24, 2.45) is 0 Å². The van der Waals surface area contributed by atoms with E-state index in [9.17, 15) is 9.59 Å². The lowest BCUT2D eigenvalue weighted by Gasteiger charge is -2.14. The normalized spacial score (nSPS) is 9.88. The van der Waals surface area contributed by atoms with Gasteiger partial charge < -0.3 is 9.64 Å². The number of methoxy groups -OCH3 is 1. The summed E-state index contributed by atoms with van der Waals surface area (Å²) >= 11 is 0. The van der Waals surface area contributed by atoms with E-state index in [1.165, 1.54) is 18.2 Å². The van der Waals surface area contributed by atoms with Crippen LogP contribution in [0.5, 0.6) is 0 Å². The van der Waals surface area contributed by atoms with Crippen molar-refractivity contribution in [3.63, 3.8) is 0 Å². The molecule has 7 heteroatoms. The third-order valence-electron chi connectivity index (χ3n) is 2.08. The van der Waals surface area contributed by atoms with Gasteiger partial charge in [0.05, 0.1) is 13.3 Å². The van der Waals surface area contributed by atoms with Crippen molar-refractivity contribution in [1.82, 2.24) is 20.3 Å². The second kappa shape index (κ2) is 5.84. The standard InChI is InChI=1S/C9H14N4O3/c1-13(5-3-4-8(14)16-2)9(15)7-6-10-12-11-7/h6H,3-5H2,1-2H3,(H,10,11,12). The van der Waals surface area contributed by atoms with E-state index in [-0.39, 0.29) is 17.6 Å². The average molecular weight is 226 g/mol. The molecule has 0 spiro atoms. The van der Waals surface area contributed by atoms with Gasteiger partial charge in [-0.1, -0.05) is 0 Å². The SMILES string of the molecule is COC(=O)CCCN(C)C(=O)c1cn[nH]n1. The van der Waals surface area contributed by atoms with Gasteiger partial charge in [0.2, 0.25) is 0 Å². The molecule has 16 heavy (non-hydrogen) atoms. The summed E-state index contributed by atoms with van der Waals surface area (Å²) in [6, 6.07) is 0. The number of hydrogen-bond acceptors (Lipinski definition) is 5. The van der Waals surface area contributed by atoms with E-state index in [1.54, 1.807) is 7.05 Å². The van der Waals surface area contributed by atoms with Crippen LogP contribution in [-0.2, 0) is 9.53 Å². The number of aromatic nitrogens is 3. The van der Waals surface area contributed by atoms with Crippen molar-refractivity contribution in [3.05, 3.63) is 11.9 Å². The van der Waals surface area contributed by atoms with Gasteiger partial charge in [-0.2, -0.15) is 15.4 Å². The Bertz CT molecular complexity index is 350. The largest absolute Gasteiger partial charge is 0.469 e. The number of hydrogen-bond donors (Lipinski definition) is 1. The smallest absolute Gasteiger partial charge is 0.305 e. The summed E-state index contributed by atoms with van der Waals surface area (Å²) in [5.41, 5.74) is 0.264. The van der Waals surface area contributed by atoms with Gasteiger partial charge in [-0.25, -0.2) is 0 Å². The number of aromatic amines is 1. The molecule has 1 heterocycles. The molecule has 0 saturated carbocycles. The van der Waals surface area contributed by atoms with Crippen LogP contribution in [0.4, 0.5) is 0 Å². The van der Waals surface area contributed by atoms with E-state index in [2.05, 4.69) is 20.1 Å². The first-order valence-electron chi connectivity index (χ1n) is 4.83. The van der Waals surface area contributed by atoms with E-state index in [4.69, 9.17) is 0 Å². The first-order chi connectivity index (χ1) is 7.65.